The summed E-state index contributed by atoms with van der Waals surface area (Å²) in [5.41, 5.74) is 1.29. The van der Waals surface area contributed by atoms with E-state index in [1.54, 1.807) is 0 Å². The third-order valence-electron chi connectivity index (χ3n) is 5.42. The first-order valence-electron chi connectivity index (χ1n) is 9.53. The van der Waals surface area contributed by atoms with Gasteiger partial charge in [-0.15, -0.1) is 0 Å². The lowest BCUT2D eigenvalue weighted by molar-refractivity contribution is -0.141. The molecule has 0 amide bonds. The Balaban J connectivity index is 2.01. The highest BCUT2D eigenvalue weighted by Gasteiger charge is 2.30. The fraction of sp³-hybridized carbons (Fsp3) is 0.400. The molecule has 0 aliphatic carbocycles. The molecule has 0 radical (unpaired) electrons. The predicted molar refractivity (Wildman–Crippen MR) is 114 cm³/mol. The molecule has 1 unspecified atom stereocenters. The number of halogens is 1. The minimum Gasteiger partial charge on any atom is -0.468 e. The molecule has 3 heterocycles. The van der Waals surface area contributed by atoms with Crippen LogP contribution < -0.4 is 16.1 Å². The van der Waals surface area contributed by atoms with Gasteiger partial charge in [-0.25, -0.2) is 9.36 Å². The van der Waals surface area contributed by atoms with Crippen LogP contribution >= 0.6 is 11.6 Å². The molecule has 10 heteroatoms. The molecule has 0 fully saturated rings. The van der Waals surface area contributed by atoms with Crippen LogP contribution in [0.3, 0.4) is 0 Å². The van der Waals surface area contributed by atoms with Crippen LogP contribution in [0.2, 0.25) is 5.02 Å². The quantitative estimate of drug-likeness (QED) is 0.587. The smallest absolute Gasteiger partial charge is 0.333 e. The second-order valence-electron chi connectivity index (χ2n) is 7.65. The molecule has 0 N–H and O–H groups in total. The number of anilines is 2. The predicted octanol–water partition coefficient (Wildman–Crippen LogP) is 1.82. The number of imidazole rings is 1. The van der Waals surface area contributed by atoms with Crippen molar-refractivity contribution in [1.82, 2.24) is 18.7 Å². The Morgan fingerprint density at radius 3 is 2.73 bits per heavy atom. The Kier molecular flexibility index (Phi) is 4.93. The molecule has 0 bridgehead atoms. The number of esters is 1. The average Bonchev–Trinajstić information content (AvgIpc) is 3.10. The van der Waals surface area contributed by atoms with Gasteiger partial charge in [0.2, 0.25) is 5.95 Å². The molecule has 1 aliphatic rings. The van der Waals surface area contributed by atoms with E-state index in [1.807, 2.05) is 34.6 Å². The highest BCUT2D eigenvalue weighted by Crippen LogP contribution is 2.35. The summed E-state index contributed by atoms with van der Waals surface area (Å²) in [4.78, 5) is 44.3. The lowest BCUT2D eigenvalue weighted by Gasteiger charge is -2.33. The Hall–Kier alpha value is -3.07. The van der Waals surface area contributed by atoms with Crippen LogP contribution in [0.1, 0.15) is 12.5 Å². The molecule has 1 atom stereocenters. The summed E-state index contributed by atoms with van der Waals surface area (Å²) in [6.07, 6.45) is 0. The van der Waals surface area contributed by atoms with Crippen LogP contribution in [0, 0.1) is 12.8 Å². The van der Waals surface area contributed by atoms with Gasteiger partial charge in [0.05, 0.1) is 7.11 Å². The van der Waals surface area contributed by atoms with Crippen molar-refractivity contribution < 1.29 is 9.53 Å². The normalized spacial score (nSPS) is 16.0. The van der Waals surface area contributed by atoms with Crippen molar-refractivity contribution in [3.63, 3.8) is 0 Å². The maximum atomic E-state index is 13.2. The zero-order valence-electron chi connectivity index (χ0n) is 17.2. The SMILES string of the molecule is COC(=O)Cn1c(=O)c2c(nc3n2CC(C)CN3c2cc(Cl)ccc2C)n(C)c1=O. The number of benzene rings is 1. The Labute approximate surface area is 177 Å². The number of methoxy groups -OCH3 is 1. The summed E-state index contributed by atoms with van der Waals surface area (Å²) in [6.45, 7) is 4.86. The monoisotopic (exact) mass is 431 g/mol. The molecule has 158 valence electrons. The number of aromatic nitrogens is 4. The van der Waals surface area contributed by atoms with Crippen molar-refractivity contribution in [1.29, 1.82) is 0 Å². The summed E-state index contributed by atoms with van der Waals surface area (Å²) in [5, 5.41) is 0.601. The van der Waals surface area contributed by atoms with Crippen molar-refractivity contribution in [2.75, 3.05) is 18.6 Å². The third-order valence-corrected chi connectivity index (χ3v) is 5.65. The summed E-state index contributed by atoms with van der Waals surface area (Å²) in [7, 11) is 2.75. The highest BCUT2D eigenvalue weighted by molar-refractivity contribution is 6.30. The third kappa shape index (κ3) is 3.09. The molecular formula is C20H22ClN5O4. The molecule has 1 aliphatic heterocycles. The van der Waals surface area contributed by atoms with Crippen molar-refractivity contribution in [3.05, 3.63) is 49.6 Å². The highest BCUT2D eigenvalue weighted by atomic mass is 35.5. The van der Waals surface area contributed by atoms with Crippen LogP contribution in [0.5, 0.6) is 0 Å². The van der Waals surface area contributed by atoms with E-state index in [9.17, 15) is 14.4 Å². The minimum atomic E-state index is -0.670. The van der Waals surface area contributed by atoms with Crippen LogP contribution in [0.25, 0.3) is 11.2 Å². The lowest BCUT2D eigenvalue weighted by Crippen LogP contribution is -2.42. The van der Waals surface area contributed by atoms with E-state index >= 15 is 0 Å². The zero-order valence-corrected chi connectivity index (χ0v) is 17.9. The van der Waals surface area contributed by atoms with Crippen LogP contribution in [-0.4, -0.2) is 38.3 Å². The number of ether oxygens (including phenoxy) is 1. The number of aryl methyl sites for hydroxylation is 2. The van der Waals surface area contributed by atoms with Crippen molar-refractivity contribution in [2.45, 2.75) is 26.9 Å². The standard InChI is InChI=1S/C20H22ClN5O4/c1-11-8-24(14-7-13(21)6-5-12(14)2)19-22-17-16(25(19)9-11)18(28)26(10-15(27)30-4)20(29)23(17)3/h5-7,11H,8-10H2,1-4H3. The Bertz CT molecular complexity index is 1290. The number of fused-ring (bicyclic) bond motifs is 3. The first-order chi connectivity index (χ1) is 14.2. The Morgan fingerprint density at radius 2 is 2.03 bits per heavy atom. The van der Waals surface area contributed by atoms with Gasteiger partial charge in [-0.1, -0.05) is 24.6 Å². The maximum absolute atomic E-state index is 13.2. The molecule has 1 aromatic carbocycles. The zero-order chi connectivity index (χ0) is 21.7. The molecule has 2 aromatic heterocycles. The van der Waals surface area contributed by atoms with Gasteiger partial charge in [0, 0.05) is 30.8 Å². The molecular weight excluding hydrogens is 410 g/mol. The maximum Gasteiger partial charge on any atom is 0.333 e. The molecule has 0 saturated heterocycles. The van der Waals surface area contributed by atoms with Crippen molar-refractivity contribution in [3.8, 4) is 0 Å². The Morgan fingerprint density at radius 1 is 1.30 bits per heavy atom. The first kappa shape index (κ1) is 20.2. The largest absolute Gasteiger partial charge is 0.468 e. The number of carbonyl (C=O) groups is 1. The fourth-order valence-corrected chi connectivity index (χ4v) is 4.08. The summed E-state index contributed by atoms with van der Waals surface area (Å²) in [6, 6.07) is 5.63. The lowest BCUT2D eigenvalue weighted by atomic mass is 10.1. The number of hydrogen-bond acceptors (Lipinski definition) is 6. The van der Waals surface area contributed by atoms with Gasteiger partial charge in [-0.3, -0.25) is 14.2 Å². The summed E-state index contributed by atoms with van der Waals surface area (Å²) in [5.74, 6) is 0.104. The molecule has 0 spiro atoms. The molecule has 4 rings (SSSR count). The van der Waals surface area contributed by atoms with Crippen LogP contribution in [0.4, 0.5) is 11.6 Å². The van der Waals surface area contributed by atoms with Gasteiger partial charge >= 0.3 is 11.7 Å². The van der Waals surface area contributed by atoms with E-state index in [1.165, 1.54) is 18.7 Å². The van der Waals surface area contributed by atoms with E-state index in [0.717, 1.165) is 15.8 Å². The van der Waals surface area contributed by atoms with E-state index in [0.29, 0.717) is 24.1 Å². The van der Waals surface area contributed by atoms with Crippen molar-refractivity contribution in [2.24, 2.45) is 13.0 Å². The van der Waals surface area contributed by atoms with E-state index in [2.05, 4.69) is 16.6 Å². The first-order valence-corrected chi connectivity index (χ1v) is 9.91. The van der Waals surface area contributed by atoms with Gasteiger partial charge in [0.1, 0.15) is 6.54 Å². The molecule has 30 heavy (non-hydrogen) atoms. The molecule has 3 aromatic rings. The van der Waals surface area contributed by atoms with Gasteiger partial charge < -0.3 is 14.2 Å². The second kappa shape index (κ2) is 7.32. The molecule has 0 saturated carbocycles. The van der Waals surface area contributed by atoms with E-state index < -0.39 is 23.8 Å². The summed E-state index contributed by atoms with van der Waals surface area (Å²) >= 11 is 6.24. The number of rotatable bonds is 3. The summed E-state index contributed by atoms with van der Waals surface area (Å²) < 4.78 is 8.63. The number of nitrogens with zero attached hydrogens (tertiary/aromatic N) is 5. The van der Waals surface area contributed by atoms with Gasteiger partial charge in [-0.05, 0) is 30.5 Å². The average molecular weight is 432 g/mol. The van der Waals surface area contributed by atoms with E-state index in [4.69, 9.17) is 11.6 Å². The topological polar surface area (TPSA) is 91.4 Å². The van der Waals surface area contributed by atoms with Crippen LogP contribution in [-0.2, 0) is 29.7 Å². The molecule has 9 nitrogen and oxygen atoms in total. The van der Waals surface area contributed by atoms with E-state index in [-0.39, 0.29) is 17.1 Å². The van der Waals surface area contributed by atoms with Gasteiger partial charge in [0.25, 0.3) is 5.56 Å². The second-order valence-corrected chi connectivity index (χ2v) is 8.09. The number of carbonyl (C=O) groups excluding carboxylic acids is 1. The van der Waals surface area contributed by atoms with Gasteiger partial charge in [-0.2, -0.15) is 4.98 Å². The van der Waals surface area contributed by atoms with Crippen molar-refractivity contribution >= 4 is 40.4 Å². The van der Waals surface area contributed by atoms with Crippen LogP contribution in [0.15, 0.2) is 27.8 Å². The van der Waals surface area contributed by atoms with Gasteiger partial charge in [0.15, 0.2) is 11.2 Å². The minimum absolute atomic E-state index is 0.207. The fourth-order valence-electron chi connectivity index (χ4n) is 3.91. The number of hydrogen-bond donors (Lipinski definition) is 0.